The number of alkyl halides is 3. The van der Waals surface area contributed by atoms with E-state index in [4.69, 9.17) is 5.73 Å². The van der Waals surface area contributed by atoms with Crippen molar-refractivity contribution in [3.63, 3.8) is 0 Å². The van der Waals surface area contributed by atoms with Crippen molar-refractivity contribution in [2.75, 3.05) is 5.73 Å². The molecule has 0 saturated carbocycles. The molecule has 1 aromatic heterocycles. The number of nitrogens with zero attached hydrogens (tertiary/aromatic N) is 2. The number of nitrogens with two attached hydrogens (primary N) is 1. The predicted octanol–water partition coefficient (Wildman–Crippen LogP) is 4.11. The van der Waals surface area contributed by atoms with E-state index in [1.807, 2.05) is 12.1 Å². The van der Waals surface area contributed by atoms with Gasteiger partial charge in [0.1, 0.15) is 15.8 Å². The molecule has 1 amide bonds. The van der Waals surface area contributed by atoms with Gasteiger partial charge in [-0.2, -0.15) is 0 Å². The molecule has 0 saturated heterocycles. The van der Waals surface area contributed by atoms with Gasteiger partial charge in [-0.1, -0.05) is 35.6 Å². The standard InChI is InChI=1S/C19H17F3N4O2S/c1-11(27)24-16(9-12-5-7-14(23)8-6-12)18-26-25-17(29-18)13-3-2-4-15(10-13)28-19(20,21)22/h2-8,10,16H,9,23H2,1H3,(H,24,27). The van der Waals surface area contributed by atoms with E-state index in [9.17, 15) is 18.0 Å². The molecule has 0 spiro atoms. The largest absolute Gasteiger partial charge is 0.573 e. The number of rotatable bonds is 6. The Hall–Kier alpha value is -3.14. The molecule has 6 nitrogen and oxygen atoms in total. The lowest BCUT2D eigenvalue weighted by atomic mass is 10.1. The van der Waals surface area contributed by atoms with Crippen LogP contribution in [0.4, 0.5) is 18.9 Å². The topological polar surface area (TPSA) is 90.1 Å². The van der Waals surface area contributed by atoms with Crippen LogP contribution in [0.25, 0.3) is 10.6 Å². The van der Waals surface area contributed by atoms with Crippen LogP contribution >= 0.6 is 11.3 Å². The van der Waals surface area contributed by atoms with Crippen molar-refractivity contribution in [1.29, 1.82) is 0 Å². The lowest BCUT2D eigenvalue weighted by Gasteiger charge is -2.15. The zero-order chi connectivity index (χ0) is 21.0. The molecule has 3 aromatic rings. The summed E-state index contributed by atoms with van der Waals surface area (Å²) in [7, 11) is 0. The molecule has 1 heterocycles. The van der Waals surface area contributed by atoms with Crippen molar-refractivity contribution in [3.8, 4) is 16.3 Å². The molecule has 0 aliphatic heterocycles. The minimum atomic E-state index is -4.78. The molecule has 0 aliphatic rings. The Morgan fingerprint density at radius 3 is 2.59 bits per heavy atom. The van der Waals surface area contributed by atoms with Crippen molar-refractivity contribution in [3.05, 3.63) is 59.1 Å². The summed E-state index contributed by atoms with van der Waals surface area (Å²) in [5.41, 5.74) is 7.70. The molecular weight excluding hydrogens is 405 g/mol. The molecule has 0 fully saturated rings. The highest BCUT2D eigenvalue weighted by atomic mass is 32.1. The van der Waals surface area contributed by atoms with Crippen molar-refractivity contribution in [2.45, 2.75) is 25.7 Å². The third-order valence-corrected chi connectivity index (χ3v) is 4.94. The summed E-state index contributed by atoms with van der Waals surface area (Å²) in [5, 5.41) is 12.0. The maximum absolute atomic E-state index is 12.4. The zero-order valence-electron chi connectivity index (χ0n) is 15.2. The molecule has 1 unspecified atom stereocenters. The number of nitrogens with one attached hydrogen (secondary N) is 1. The van der Waals surface area contributed by atoms with Crippen LogP contribution in [0.3, 0.4) is 0 Å². The first-order valence-electron chi connectivity index (χ1n) is 8.51. The van der Waals surface area contributed by atoms with Crippen molar-refractivity contribution in [1.82, 2.24) is 15.5 Å². The second kappa shape index (κ2) is 8.48. The quantitative estimate of drug-likeness (QED) is 0.584. The average molecular weight is 422 g/mol. The first-order valence-corrected chi connectivity index (χ1v) is 9.32. The van der Waals surface area contributed by atoms with Crippen LogP contribution in [0.5, 0.6) is 5.75 Å². The number of ether oxygens (including phenoxy) is 1. The Bertz CT molecular complexity index is 990. The summed E-state index contributed by atoms with van der Waals surface area (Å²) in [6.45, 7) is 1.40. The molecular formula is C19H17F3N4O2S. The van der Waals surface area contributed by atoms with Gasteiger partial charge in [0.15, 0.2) is 0 Å². The third-order valence-electron chi connectivity index (χ3n) is 3.85. The van der Waals surface area contributed by atoms with E-state index >= 15 is 0 Å². The number of halogens is 3. The molecule has 3 rings (SSSR count). The van der Waals surface area contributed by atoms with Gasteiger partial charge in [-0.25, -0.2) is 0 Å². The molecule has 29 heavy (non-hydrogen) atoms. The van der Waals surface area contributed by atoms with E-state index in [-0.39, 0.29) is 11.7 Å². The molecule has 152 valence electrons. The number of carbonyl (C=O) groups excluding carboxylic acids is 1. The maximum atomic E-state index is 12.4. The summed E-state index contributed by atoms with van der Waals surface area (Å²) >= 11 is 1.19. The second-order valence-corrected chi connectivity index (χ2v) is 7.23. The highest BCUT2D eigenvalue weighted by molar-refractivity contribution is 7.14. The van der Waals surface area contributed by atoms with E-state index in [1.165, 1.54) is 36.5 Å². The van der Waals surface area contributed by atoms with Gasteiger partial charge in [-0.05, 0) is 36.2 Å². The number of aromatic nitrogens is 2. The van der Waals surface area contributed by atoms with Gasteiger partial charge in [0.05, 0.1) is 6.04 Å². The highest BCUT2D eigenvalue weighted by Gasteiger charge is 2.31. The smallest absolute Gasteiger partial charge is 0.406 e. The zero-order valence-corrected chi connectivity index (χ0v) is 16.1. The van der Waals surface area contributed by atoms with Gasteiger partial charge in [0.2, 0.25) is 5.91 Å². The van der Waals surface area contributed by atoms with Gasteiger partial charge in [0, 0.05) is 18.2 Å². The Balaban J connectivity index is 1.84. The van der Waals surface area contributed by atoms with Crippen LogP contribution in [-0.2, 0) is 11.2 Å². The number of hydrogen-bond acceptors (Lipinski definition) is 6. The van der Waals surface area contributed by atoms with Crippen LogP contribution in [0.2, 0.25) is 0 Å². The normalized spacial score (nSPS) is 12.4. The summed E-state index contributed by atoms with van der Waals surface area (Å²) in [6, 6.07) is 12.3. The second-order valence-electron chi connectivity index (χ2n) is 6.22. The van der Waals surface area contributed by atoms with Gasteiger partial charge < -0.3 is 15.8 Å². The number of amides is 1. The number of hydrogen-bond donors (Lipinski definition) is 2. The first kappa shape index (κ1) is 20.6. The van der Waals surface area contributed by atoms with Crippen LogP contribution in [0.15, 0.2) is 48.5 Å². The minimum absolute atomic E-state index is 0.234. The minimum Gasteiger partial charge on any atom is -0.406 e. The monoisotopic (exact) mass is 422 g/mol. The SMILES string of the molecule is CC(=O)NC(Cc1ccc(N)cc1)c1nnc(-c2cccc(OC(F)(F)F)c2)s1. The Kier molecular flexibility index (Phi) is 6.02. The van der Waals surface area contributed by atoms with E-state index in [0.29, 0.717) is 27.7 Å². The van der Waals surface area contributed by atoms with E-state index in [0.717, 1.165) is 5.56 Å². The molecule has 0 bridgehead atoms. The highest BCUT2D eigenvalue weighted by Crippen LogP contribution is 2.32. The van der Waals surface area contributed by atoms with Gasteiger partial charge in [0.25, 0.3) is 0 Å². The Morgan fingerprint density at radius 1 is 1.21 bits per heavy atom. The number of nitrogen functional groups attached to an aromatic ring is 1. The molecule has 3 N–H and O–H groups in total. The fraction of sp³-hybridized carbons (Fsp3) is 0.211. The van der Waals surface area contributed by atoms with Crippen LogP contribution < -0.4 is 15.8 Å². The Morgan fingerprint density at radius 2 is 1.93 bits per heavy atom. The third kappa shape index (κ3) is 5.92. The first-order chi connectivity index (χ1) is 13.7. The average Bonchev–Trinajstić information content (AvgIpc) is 3.12. The molecule has 2 aromatic carbocycles. The number of anilines is 1. The Labute approximate surface area is 168 Å². The van der Waals surface area contributed by atoms with Gasteiger partial charge in [-0.3, -0.25) is 4.79 Å². The fourth-order valence-corrected chi connectivity index (χ4v) is 3.54. The van der Waals surface area contributed by atoms with Crippen molar-refractivity contribution in [2.24, 2.45) is 0 Å². The lowest BCUT2D eigenvalue weighted by Crippen LogP contribution is -2.27. The van der Waals surface area contributed by atoms with E-state index in [2.05, 4.69) is 20.3 Å². The summed E-state index contributed by atoms with van der Waals surface area (Å²) in [6.07, 6.45) is -4.31. The molecule has 0 aliphatic carbocycles. The van der Waals surface area contributed by atoms with Crippen LogP contribution in [0.1, 0.15) is 23.5 Å². The van der Waals surface area contributed by atoms with Crippen molar-refractivity contribution >= 4 is 22.9 Å². The molecule has 10 heteroatoms. The summed E-state index contributed by atoms with van der Waals surface area (Å²) < 4.78 is 41.3. The summed E-state index contributed by atoms with van der Waals surface area (Å²) in [5.74, 6) is -0.574. The maximum Gasteiger partial charge on any atom is 0.573 e. The number of benzene rings is 2. The van der Waals surface area contributed by atoms with Crippen LogP contribution in [0, 0.1) is 0 Å². The fourth-order valence-electron chi connectivity index (χ4n) is 2.65. The predicted molar refractivity (Wildman–Crippen MR) is 103 cm³/mol. The van der Waals surface area contributed by atoms with E-state index in [1.54, 1.807) is 18.2 Å². The van der Waals surface area contributed by atoms with Crippen molar-refractivity contribution < 1.29 is 22.7 Å². The lowest BCUT2D eigenvalue weighted by molar-refractivity contribution is -0.274. The van der Waals surface area contributed by atoms with Crippen LogP contribution in [-0.4, -0.2) is 22.5 Å². The summed E-state index contributed by atoms with van der Waals surface area (Å²) in [4.78, 5) is 11.6. The molecule has 1 atom stereocenters. The molecule has 0 radical (unpaired) electrons. The van der Waals surface area contributed by atoms with Gasteiger partial charge in [-0.15, -0.1) is 23.4 Å². The van der Waals surface area contributed by atoms with E-state index < -0.39 is 12.4 Å². The number of carbonyl (C=O) groups is 1. The van der Waals surface area contributed by atoms with Gasteiger partial charge >= 0.3 is 6.36 Å².